The number of cyclic esters (lactones) is 1. The molecule has 0 radical (unpaired) electrons. The van der Waals surface area contributed by atoms with Crippen molar-refractivity contribution in [2.45, 2.75) is 6.92 Å². The maximum atomic E-state index is 13.1. The Kier molecular flexibility index (Phi) is 5.43. The highest BCUT2D eigenvalue weighted by molar-refractivity contribution is 7.14. The standard InChI is InChI=1S/C21H13ClFN3O3S/c1-12(27)26(17-4-2-3-14(22)9-17)21-24-16(11-30-21)10-18-20(28)29-19(25-18)13-5-7-15(23)8-6-13/h2-11H,1H3. The van der Waals surface area contributed by atoms with Crippen LogP contribution in [0.5, 0.6) is 0 Å². The number of halogens is 2. The molecule has 0 atom stereocenters. The van der Waals surface area contributed by atoms with E-state index >= 15 is 0 Å². The summed E-state index contributed by atoms with van der Waals surface area (Å²) in [7, 11) is 0. The number of carbonyl (C=O) groups excluding carboxylic acids is 2. The minimum Gasteiger partial charge on any atom is -0.402 e. The van der Waals surface area contributed by atoms with E-state index in [0.29, 0.717) is 27.1 Å². The molecule has 9 heteroatoms. The zero-order chi connectivity index (χ0) is 21.3. The average molecular weight is 442 g/mol. The van der Waals surface area contributed by atoms with Crippen LogP contribution in [-0.2, 0) is 14.3 Å². The number of esters is 1. The number of amides is 1. The first-order valence-electron chi connectivity index (χ1n) is 8.71. The summed E-state index contributed by atoms with van der Waals surface area (Å²) in [6.07, 6.45) is 1.47. The van der Waals surface area contributed by atoms with Crippen LogP contribution in [0.1, 0.15) is 18.2 Å². The third kappa shape index (κ3) is 4.14. The lowest BCUT2D eigenvalue weighted by Gasteiger charge is -2.18. The molecule has 0 saturated carbocycles. The van der Waals surface area contributed by atoms with Crippen molar-refractivity contribution in [3.63, 3.8) is 0 Å². The molecule has 1 amide bonds. The monoisotopic (exact) mass is 441 g/mol. The highest BCUT2D eigenvalue weighted by Crippen LogP contribution is 2.31. The molecule has 4 rings (SSSR count). The quantitative estimate of drug-likeness (QED) is 0.423. The molecule has 0 saturated heterocycles. The Morgan fingerprint density at radius 1 is 1.23 bits per heavy atom. The predicted octanol–water partition coefficient (Wildman–Crippen LogP) is 4.96. The SMILES string of the molecule is CC(=O)N(c1cccc(Cl)c1)c1nc(C=C2N=C(c3ccc(F)cc3)OC2=O)cs1. The molecule has 1 aromatic heterocycles. The van der Waals surface area contributed by atoms with Crippen LogP contribution in [0.3, 0.4) is 0 Å². The van der Waals surface area contributed by atoms with Gasteiger partial charge >= 0.3 is 5.97 Å². The highest BCUT2D eigenvalue weighted by atomic mass is 35.5. The van der Waals surface area contributed by atoms with Crippen LogP contribution in [0.25, 0.3) is 6.08 Å². The minimum atomic E-state index is -0.637. The zero-order valence-corrected chi connectivity index (χ0v) is 17.1. The number of thiazole rings is 1. The summed E-state index contributed by atoms with van der Waals surface area (Å²) in [5.74, 6) is -1.18. The van der Waals surface area contributed by atoms with E-state index in [1.807, 2.05) is 0 Å². The van der Waals surface area contributed by atoms with Gasteiger partial charge in [0.2, 0.25) is 11.8 Å². The first-order chi connectivity index (χ1) is 14.4. The zero-order valence-electron chi connectivity index (χ0n) is 15.5. The Morgan fingerprint density at radius 2 is 2.00 bits per heavy atom. The van der Waals surface area contributed by atoms with Crippen molar-refractivity contribution in [3.05, 3.63) is 81.7 Å². The van der Waals surface area contributed by atoms with Crippen molar-refractivity contribution in [1.29, 1.82) is 0 Å². The van der Waals surface area contributed by atoms with E-state index < -0.39 is 11.8 Å². The van der Waals surface area contributed by atoms with Crippen LogP contribution in [0.15, 0.2) is 64.6 Å². The van der Waals surface area contributed by atoms with Crippen molar-refractivity contribution >= 4 is 57.6 Å². The lowest BCUT2D eigenvalue weighted by Crippen LogP contribution is -2.22. The number of rotatable bonds is 4. The van der Waals surface area contributed by atoms with Crippen LogP contribution in [0.4, 0.5) is 15.2 Å². The molecule has 2 heterocycles. The molecule has 30 heavy (non-hydrogen) atoms. The molecular formula is C21H13ClFN3O3S. The number of aromatic nitrogens is 1. The molecule has 0 N–H and O–H groups in total. The van der Waals surface area contributed by atoms with Gasteiger partial charge in [0, 0.05) is 22.9 Å². The van der Waals surface area contributed by atoms with Crippen molar-refractivity contribution in [2.75, 3.05) is 4.90 Å². The number of carbonyl (C=O) groups is 2. The minimum absolute atomic E-state index is 0.0586. The van der Waals surface area contributed by atoms with Crippen molar-refractivity contribution in [3.8, 4) is 0 Å². The first kappa shape index (κ1) is 19.9. The third-order valence-corrected chi connectivity index (χ3v) is 5.16. The van der Waals surface area contributed by atoms with E-state index in [-0.39, 0.29) is 17.5 Å². The van der Waals surface area contributed by atoms with Gasteiger partial charge in [0.15, 0.2) is 10.8 Å². The van der Waals surface area contributed by atoms with Crippen molar-refractivity contribution < 1.29 is 18.7 Å². The fraction of sp³-hybridized carbons (Fsp3) is 0.0476. The van der Waals surface area contributed by atoms with E-state index in [1.54, 1.807) is 29.6 Å². The van der Waals surface area contributed by atoms with E-state index in [9.17, 15) is 14.0 Å². The average Bonchev–Trinajstić information content (AvgIpc) is 3.30. The summed E-state index contributed by atoms with van der Waals surface area (Å²) < 4.78 is 18.2. The summed E-state index contributed by atoms with van der Waals surface area (Å²) in [5.41, 5.74) is 1.57. The fourth-order valence-corrected chi connectivity index (χ4v) is 3.78. The largest absolute Gasteiger partial charge is 0.402 e. The van der Waals surface area contributed by atoms with Gasteiger partial charge in [-0.3, -0.25) is 9.69 Å². The van der Waals surface area contributed by atoms with E-state index in [4.69, 9.17) is 16.3 Å². The van der Waals surface area contributed by atoms with E-state index in [2.05, 4.69) is 9.98 Å². The number of aliphatic imine (C=N–C) groups is 1. The number of ether oxygens (including phenoxy) is 1. The summed E-state index contributed by atoms with van der Waals surface area (Å²) >= 11 is 7.27. The number of benzene rings is 2. The Balaban J connectivity index is 1.63. The second kappa shape index (κ2) is 8.17. The number of anilines is 2. The Bertz CT molecular complexity index is 1200. The lowest BCUT2D eigenvalue weighted by atomic mass is 10.2. The summed E-state index contributed by atoms with van der Waals surface area (Å²) in [6.45, 7) is 1.42. The third-order valence-electron chi connectivity index (χ3n) is 4.08. The van der Waals surface area contributed by atoms with E-state index in [0.717, 1.165) is 0 Å². The summed E-state index contributed by atoms with van der Waals surface area (Å²) in [4.78, 5) is 34.4. The predicted molar refractivity (Wildman–Crippen MR) is 113 cm³/mol. The smallest absolute Gasteiger partial charge is 0.363 e. The molecule has 0 unspecified atom stereocenters. The van der Waals surface area contributed by atoms with Gasteiger partial charge < -0.3 is 4.74 Å². The molecular weight excluding hydrogens is 429 g/mol. The lowest BCUT2D eigenvalue weighted by molar-refractivity contribution is -0.130. The maximum Gasteiger partial charge on any atom is 0.363 e. The van der Waals surface area contributed by atoms with Gasteiger partial charge in [0.1, 0.15) is 5.82 Å². The van der Waals surface area contributed by atoms with Gasteiger partial charge in [-0.25, -0.2) is 19.2 Å². The first-order valence-corrected chi connectivity index (χ1v) is 9.97. The van der Waals surface area contributed by atoms with Gasteiger partial charge in [0.25, 0.3) is 0 Å². The number of nitrogens with zero attached hydrogens (tertiary/aromatic N) is 3. The second-order valence-electron chi connectivity index (χ2n) is 6.23. The molecule has 1 aliphatic heterocycles. The van der Waals surface area contributed by atoms with Crippen LogP contribution in [-0.4, -0.2) is 22.8 Å². The van der Waals surface area contributed by atoms with Gasteiger partial charge in [-0.1, -0.05) is 17.7 Å². The van der Waals surface area contributed by atoms with Gasteiger partial charge in [-0.15, -0.1) is 11.3 Å². The maximum absolute atomic E-state index is 13.1. The summed E-state index contributed by atoms with van der Waals surface area (Å²) in [6, 6.07) is 12.3. The van der Waals surface area contributed by atoms with Crippen LogP contribution < -0.4 is 4.90 Å². The topological polar surface area (TPSA) is 71.9 Å². The Hall–Kier alpha value is -3.36. The van der Waals surface area contributed by atoms with Crippen molar-refractivity contribution in [1.82, 2.24) is 4.98 Å². The fourth-order valence-electron chi connectivity index (χ4n) is 2.75. The second-order valence-corrected chi connectivity index (χ2v) is 7.51. The molecule has 0 bridgehead atoms. The van der Waals surface area contributed by atoms with Gasteiger partial charge in [-0.2, -0.15) is 0 Å². The molecule has 0 spiro atoms. The number of hydrogen-bond acceptors (Lipinski definition) is 6. The molecule has 0 aliphatic carbocycles. The molecule has 0 fully saturated rings. The molecule has 2 aromatic carbocycles. The van der Waals surface area contributed by atoms with Crippen LogP contribution >= 0.6 is 22.9 Å². The van der Waals surface area contributed by atoms with E-state index in [1.165, 1.54) is 53.5 Å². The Labute approximate surface area is 179 Å². The van der Waals surface area contributed by atoms with Gasteiger partial charge in [-0.05, 0) is 48.5 Å². The van der Waals surface area contributed by atoms with Crippen molar-refractivity contribution in [2.24, 2.45) is 4.99 Å². The molecule has 3 aromatic rings. The van der Waals surface area contributed by atoms with Crippen LogP contribution in [0.2, 0.25) is 5.02 Å². The normalized spacial score (nSPS) is 14.6. The molecule has 6 nitrogen and oxygen atoms in total. The summed E-state index contributed by atoms with van der Waals surface area (Å²) in [5, 5.41) is 2.61. The van der Waals surface area contributed by atoms with Crippen LogP contribution in [0, 0.1) is 5.82 Å². The highest BCUT2D eigenvalue weighted by Gasteiger charge is 2.25. The Morgan fingerprint density at radius 3 is 2.70 bits per heavy atom. The molecule has 150 valence electrons. The molecule has 1 aliphatic rings. The van der Waals surface area contributed by atoms with Gasteiger partial charge in [0.05, 0.1) is 11.4 Å². The number of hydrogen-bond donors (Lipinski definition) is 0.